The van der Waals surface area contributed by atoms with E-state index >= 15 is 0 Å². The van der Waals surface area contributed by atoms with Gasteiger partial charge in [0.1, 0.15) is 5.76 Å². The van der Waals surface area contributed by atoms with Gasteiger partial charge in [-0.3, -0.25) is 4.99 Å². The molecule has 0 aliphatic heterocycles. The van der Waals surface area contributed by atoms with Crippen molar-refractivity contribution < 1.29 is 4.42 Å². The van der Waals surface area contributed by atoms with Gasteiger partial charge in [-0.1, -0.05) is 6.92 Å². The number of guanidine groups is 1. The molecule has 5 nitrogen and oxygen atoms in total. The van der Waals surface area contributed by atoms with Crippen LogP contribution in [0.4, 0.5) is 0 Å². The zero-order valence-electron chi connectivity index (χ0n) is 13.1. The summed E-state index contributed by atoms with van der Waals surface area (Å²) in [7, 11) is 1.78. The zero-order valence-corrected chi connectivity index (χ0v) is 16.3. The van der Waals surface area contributed by atoms with Gasteiger partial charge in [-0.2, -0.15) is 0 Å². The molecule has 7 heteroatoms. The Hall–Kier alpha value is -1.09. The minimum atomic E-state index is 0. The highest BCUT2D eigenvalue weighted by atomic mass is 127. The van der Waals surface area contributed by atoms with Gasteiger partial charge in [0.25, 0.3) is 0 Å². The molecule has 2 rings (SSSR count). The molecular weight excluding hydrogens is 411 g/mol. The minimum absolute atomic E-state index is 0. The number of aromatic nitrogens is 1. The van der Waals surface area contributed by atoms with Gasteiger partial charge >= 0.3 is 0 Å². The number of halogens is 1. The molecule has 0 aliphatic rings. The van der Waals surface area contributed by atoms with Crippen molar-refractivity contribution in [1.82, 2.24) is 15.6 Å². The molecule has 0 bridgehead atoms. The zero-order chi connectivity index (χ0) is 15.1. The molecule has 0 saturated carbocycles. The third-order valence-corrected chi connectivity index (χ3v) is 4.25. The predicted molar refractivity (Wildman–Crippen MR) is 102 cm³/mol. The lowest BCUT2D eigenvalue weighted by molar-refractivity contribution is 0.506. The van der Waals surface area contributed by atoms with E-state index in [1.165, 1.54) is 4.88 Å². The first kappa shape index (κ1) is 19.0. The van der Waals surface area contributed by atoms with Crippen LogP contribution in [0.3, 0.4) is 0 Å². The molecule has 122 valence electrons. The quantitative estimate of drug-likeness (QED) is 0.417. The lowest BCUT2D eigenvalue weighted by Gasteiger charge is -2.14. The van der Waals surface area contributed by atoms with Crippen LogP contribution in [-0.4, -0.2) is 31.1 Å². The van der Waals surface area contributed by atoms with Crippen LogP contribution in [0.25, 0.3) is 0 Å². The number of hydrogen-bond acceptors (Lipinski definition) is 4. The molecule has 2 aromatic rings. The number of aliphatic imine (C=N–C) groups is 1. The first-order valence-electron chi connectivity index (χ1n) is 7.08. The van der Waals surface area contributed by atoms with E-state index < -0.39 is 0 Å². The van der Waals surface area contributed by atoms with E-state index in [0.29, 0.717) is 5.92 Å². The number of hydrogen-bond donors (Lipinski definition) is 2. The van der Waals surface area contributed by atoms with Crippen molar-refractivity contribution in [2.45, 2.75) is 26.2 Å². The van der Waals surface area contributed by atoms with Crippen LogP contribution in [0.5, 0.6) is 0 Å². The van der Waals surface area contributed by atoms with E-state index in [9.17, 15) is 0 Å². The van der Waals surface area contributed by atoms with Crippen LogP contribution in [0.1, 0.15) is 28.5 Å². The summed E-state index contributed by atoms with van der Waals surface area (Å²) in [6, 6.07) is 3.88. The molecular formula is C15H23IN4OS. The Bertz CT molecular complexity index is 568. The first-order chi connectivity index (χ1) is 10.2. The van der Waals surface area contributed by atoms with Crippen LogP contribution < -0.4 is 10.6 Å². The fourth-order valence-electron chi connectivity index (χ4n) is 1.92. The van der Waals surface area contributed by atoms with E-state index in [1.54, 1.807) is 24.6 Å². The topological polar surface area (TPSA) is 62.5 Å². The van der Waals surface area contributed by atoms with Crippen LogP contribution >= 0.6 is 35.3 Å². The summed E-state index contributed by atoms with van der Waals surface area (Å²) in [6.07, 6.45) is 4.46. The summed E-state index contributed by atoms with van der Waals surface area (Å²) in [5.41, 5.74) is 0. The molecule has 22 heavy (non-hydrogen) atoms. The fourth-order valence-corrected chi connectivity index (χ4v) is 2.74. The highest BCUT2D eigenvalue weighted by molar-refractivity contribution is 14.0. The van der Waals surface area contributed by atoms with Gasteiger partial charge < -0.3 is 15.1 Å². The maximum absolute atomic E-state index is 5.30. The van der Waals surface area contributed by atoms with Gasteiger partial charge in [0.05, 0.1) is 11.3 Å². The largest absolute Gasteiger partial charge is 0.469 e. The molecule has 2 heterocycles. The number of aryl methyl sites for hydroxylation is 1. The molecule has 0 saturated heterocycles. The van der Waals surface area contributed by atoms with E-state index in [-0.39, 0.29) is 24.0 Å². The third kappa shape index (κ3) is 5.96. The molecule has 0 radical (unpaired) electrons. The van der Waals surface area contributed by atoms with E-state index in [2.05, 4.69) is 34.5 Å². The smallest absolute Gasteiger partial charge is 0.191 e. The summed E-state index contributed by atoms with van der Waals surface area (Å²) in [4.78, 5) is 9.89. The summed E-state index contributed by atoms with van der Waals surface area (Å²) >= 11 is 1.75. The third-order valence-electron chi connectivity index (χ3n) is 3.10. The van der Waals surface area contributed by atoms with Gasteiger partial charge in [0.15, 0.2) is 5.96 Å². The molecule has 2 N–H and O–H groups in total. The molecule has 0 fully saturated rings. The summed E-state index contributed by atoms with van der Waals surface area (Å²) in [5, 5.41) is 7.77. The molecule has 0 amide bonds. The Morgan fingerprint density at radius 1 is 1.45 bits per heavy atom. The summed E-state index contributed by atoms with van der Waals surface area (Å²) < 4.78 is 5.30. The maximum Gasteiger partial charge on any atom is 0.191 e. The molecule has 1 unspecified atom stereocenters. The van der Waals surface area contributed by atoms with Crippen molar-refractivity contribution >= 4 is 41.3 Å². The Balaban J connectivity index is 0.00000242. The summed E-state index contributed by atoms with van der Waals surface area (Å²) in [5.74, 6) is 2.15. The van der Waals surface area contributed by atoms with Crippen molar-refractivity contribution in [3.8, 4) is 0 Å². The van der Waals surface area contributed by atoms with Crippen LogP contribution in [-0.2, 0) is 6.42 Å². The molecule has 0 aromatic carbocycles. The standard InChI is InChI=1S/C15H22N4OS.HI/c1-11(14-18-10-12(2)21-14)9-19-15(16-3)17-7-6-13-5-4-8-20-13;/h4-5,8,10-11H,6-7,9H2,1-3H3,(H2,16,17,19);1H. The van der Waals surface area contributed by atoms with E-state index in [0.717, 1.165) is 36.2 Å². The number of thiazole rings is 1. The average Bonchev–Trinajstić information content (AvgIpc) is 3.13. The van der Waals surface area contributed by atoms with Gasteiger partial charge in [-0.05, 0) is 19.1 Å². The van der Waals surface area contributed by atoms with Crippen LogP contribution in [0.15, 0.2) is 34.0 Å². The van der Waals surface area contributed by atoms with Gasteiger partial charge in [0, 0.05) is 43.5 Å². The Labute approximate surface area is 152 Å². The lowest BCUT2D eigenvalue weighted by atomic mass is 10.2. The van der Waals surface area contributed by atoms with Gasteiger partial charge in [0.2, 0.25) is 0 Å². The molecule has 0 spiro atoms. The van der Waals surface area contributed by atoms with E-state index in [1.807, 2.05) is 18.3 Å². The predicted octanol–water partition coefficient (Wildman–Crippen LogP) is 3.17. The Kier molecular flexibility index (Phi) is 8.47. The normalized spacial score (nSPS) is 12.6. The second-order valence-electron chi connectivity index (χ2n) is 4.92. The number of rotatable bonds is 6. The molecule has 1 atom stereocenters. The molecule has 2 aromatic heterocycles. The van der Waals surface area contributed by atoms with Crippen molar-refractivity contribution in [1.29, 1.82) is 0 Å². The second kappa shape index (κ2) is 9.83. The fraction of sp³-hybridized carbons (Fsp3) is 0.467. The first-order valence-corrected chi connectivity index (χ1v) is 7.90. The second-order valence-corrected chi connectivity index (χ2v) is 6.19. The molecule has 0 aliphatic carbocycles. The van der Waals surface area contributed by atoms with Crippen molar-refractivity contribution in [2.75, 3.05) is 20.1 Å². The monoisotopic (exact) mass is 434 g/mol. The van der Waals surface area contributed by atoms with E-state index in [4.69, 9.17) is 4.42 Å². The van der Waals surface area contributed by atoms with Crippen LogP contribution in [0.2, 0.25) is 0 Å². The number of furan rings is 1. The SMILES string of the molecule is CN=C(NCCc1ccco1)NCC(C)c1ncc(C)s1.I. The van der Waals surface area contributed by atoms with Crippen molar-refractivity contribution in [2.24, 2.45) is 4.99 Å². The lowest BCUT2D eigenvalue weighted by Crippen LogP contribution is -2.39. The highest BCUT2D eigenvalue weighted by Gasteiger charge is 2.10. The van der Waals surface area contributed by atoms with Gasteiger partial charge in [-0.25, -0.2) is 4.98 Å². The Morgan fingerprint density at radius 3 is 2.86 bits per heavy atom. The van der Waals surface area contributed by atoms with Crippen molar-refractivity contribution in [3.05, 3.63) is 40.2 Å². The van der Waals surface area contributed by atoms with Crippen LogP contribution in [0, 0.1) is 6.92 Å². The number of nitrogens with zero attached hydrogens (tertiary/aromatic N) is 2. The number of nitrogens with one attached hydrogen (secondary N) is 2. The minimum Gasteiger partial charge on any atom is -0.469 e. The van der Waals surface area contributed by atoms with Crippen molar-refractivity contribution in [3.63, 3.8) is 0 Å². The highest BCUT2D eigenvalue weighted by Crippen LogP contribution is 2.20. The maximum atomic E-state index is 5.30. The Morgan fingerprint density at radius 2 is 2.27 bits per heavy atom. The summed E-state index contributed by atoms with van der Waals surface area (Å²) in [6.45, 7) is 5.85. The van der Waals surface area contributed by atoms with Gasteiger partial charge in [-0.15, -0.1) is 35.3 Å². The average molecular weight is 434 g/mol.